The van der Waals surface area contributed by atoms with Gasteiger partial charge in [-0.1, -0.05) is 70.5 Å². The summed E-state index contributed by atoms with van der Waals surface area (Å²) in [4.78, 5) is 49.6. The van der Waals surface area contributed by atoms with Crippen molar-refractivity contribution in [3.05, 3.63) is 136 Å². The second-order valence-corrected chi connectivity index (χ2v) is 11.0. The van der Waals surface area contributed by atoms with Crippen molar-refractivity contribution in [1.29, 1.82) is 0 Å². The number of pyridine rings is 1. The fourth-order valence-corrected chi connectivity index (χ4v) is 6.90. The number of hydrogen-bond acceptors (Lipinski definition) is 5. The van der Waals surface area contributed by atoms with E-state index in [2.05, 4.69) is 26.2 Å². The van der Waals surface area contributed by atoms with Crippen molar-refractivity contribution >= 4 is 45.2 Å². The van der Waals surface area contributed by atoms with Crippen LogP contribution in [0.3, 0.4) is 0 Å². The number of benzene rings is 3. The highest BCUT2D eigenvalue weighted by Crippen LogP contribution is 2.61. The third kappa shape index (κ3) is 3.32. The van der Waals surface area contributed by atoms with Crippen LogP contribution in [0.4, 0.5) is 5.69 Å². The molecule has 1 aromatic heterocycles. The van der Waals surface area contributed by atoms with Gasteiger partial charge in [-0.25, -0.2) is 0 Å². The Balaban J connectivity index is 1.54. The predicted molar refractivity (Wildman–Crippen MR) is 151 cm³/mol. The summed E-state index contributed by atoms with van der Waals surface area (Å²) in [6, 6.07) is 24.3. The van der Waals surface area contributed by atoms with Crippen molar-refractivity contribution < 1.29 is 14.4 Å². The molecule has 7 heteroatoms. The molecule has 190 valence electrons. The Hall–Kier alpha value is -4.36. The van der Waals surface area contributed by atoms with Gasteiger partial charge in [0.05, 0.1) is 12.0 Å². The van der Waals surface area contributed by atoms with E-state index in [4.69, 9.17) is 0 Å². The Morgan fingerprint density at radius 2 is 1.64 bits per heavy atom. The summed E-state index contributed by atoms with van der Waals surface area (Å²) < 4.78 is 0.846. The van der Waals surface area contributed by atoms with Crippen molar-refractivity contribution in [3.8, 4) is 0 Å². The number of para-hydroxylation sites is 1. The van der Waals surface area contributed by atoms with E-state index in [0.717, 1.165) is 15.6 Å². The lowest BCUT2D eigenvalue weighted by molar-refractivity contribution is -0.122. The van der Waals surface area contributed by atoms with E-state index in [0.29, 0.717) is 22.4 Å². The number of Topliss-reactive ketones (excluding diaryl/α,β-unsaturated/α-hetero) is 2. The molecule has 1 spiro atoms. The molecule has 6 nitrogen and oxygen atoms in total. The highest BCUT2D eigenvalue weighted by molar-refractivity contribution is 9.10. The van der Waals surface area contributed by atoms with Crippen molar-refractivity contribution in [2.45, 2.75) is 17.5 Å². The van der Waals surface area contributed by atoms with Gasteiger partial charge in [0, 0.05) is 39.9 Å². The third-order valence-corrected chi connectivity index (χ3v) is 8.73. The van der Waals surface area contributed by atoms with Crippen molar-refractivity contribution in [3.63, 3.8) is 0 Å². The highest BCUT2D eigenvalue weighted by Gasteiger charge is 2.71. The highest BCUT2D eigenvalue weighted by atomic mass is 79.9. The maximum atomic E-state index is 14.6. The van der Waals surface area contributed by atoms with Gasteiger partial charge < -0.3 is 10.2 Å². The number of halogens is 1. The van der Waals surface area contributed by atoms with Crippen LogP contribution in [0, 0.1) is 5.92 Å². The van der Waals surface area contributed by atoms with Gasteiger partial charge in [-0.15, -0.1) is 0 Å². The smallest absolute Gasteiger partial charge is 0.238 e. The Morgan fingerprint density at radius 3 is 2.44 bits per heavy atom. The van der Waals surface area contributed by atoms with Gasteiger partial charge in [0.15, 0.2) is 11.6 Å². The zero-order valence-electron chi connectivity index (χ0n) is 20.6. The molecule has 0 bridgehead atoms. The quantitative estimate of drug-likeness (QED) is 0.310. The van der Waals surface area contributed by atoms with Crippen molar-refractivity contribution in [2.75, 3.05) is 5.32 Å². The van der Waals surface area contributed by atoms with Crippen LogP contribution in [0.2, 0.25) is 0 Å². The van der Waals surface area contributed by atoms with Gasteiger partial charge in [0.2, 0.25) is 5.91 Å². The normalized spacial score (nSPS) is 24.2. The minimum absolute atomic E-state index is 0.218. The number of fused-ring (bicyclic) bond motifs is 5. The lowest BCUT2D eigenvalue weighted by Crippen LogP contribution is -2.54. The largest absolute Gasteiger partial charge is 0.358 e. The maximum Gasteiger partial charge on any atom is 0.238 e. The van der Waals surface area contributed by atoms with Crippen LogP contribution in [0.15, 0.2) is 108 Å². The molecule has 3 aromatic carbocycles. The number of amides is 1. The number of carbonyl (C=O) groups is 3. The van der Waals surface area contributed by atoms with Crippen LogP contribution in [0.1, 0.15) is 43.4 Å². The molecule has 0 saturated carbocycles. The molecule has 3 aliphatic rings. The summed E-state index contributed by atoms with van der Waals surface area (Å²) in [5, 5.41) is 3.03. The molecule has 7 rings (SSSR count). The molecule has 39 heavy (non-hydrogen) atoms. The second-order valence-electron chi connectivity index (χ2n) is 10.1. The van der Waals surface area contributed by atoms with Gasteiger partial charge in [0.1, 0.15) is 11.5 Å². The van der Waals surface area contributed by atoms with Crippen molar-refractivity contribution in [1.82, 2.24) is 9.88 Å². The molecule has 1 N–H and O–H groups in total. The fourth-order valence-electron chi connectivity index (χ4n) is 6.64. The van der Waals surface area contributed by atoms with Gasteiger partial charge in [-0.05, 0) is 53.1 Å². The first-order valence-electron chi connectivity index (χ1n) is 12.7. The zero-order chi connectivity index (χ0) is 26.7. The van der Waals surface area contributed by atoms with E-state index in [-0.39, 0.29) is 17.5 Å². The van der Waals surface area contributed by atoms with E-state index < -0.39 is 23.4 Å². The number of nitrogens with one attached hydrogen (secondary N) is 1. The maximum absolute atomic E-state index is 14.6. The topological polar surface area (TPSA) is 79.4 Å². The summed E-state index contributed by atoms with van der Waals surface area (Å²) >= 11 is 3.45. The number of anilines is 1. The number of rotatable bonds is 4. The Bertz CT molecular complexity index is 1680. The molecular weight excluding hydrogens is 554 g/mol. The molecule has 4 atom stereocenters. The number of carbonyl (C=O) groups excluding carboxylic acids is 3. The van der Waals surface area contributed by atoms with Crippen LogP contribution in [-0.4, -0.2) is 33.4 Å². The van der Waals surface area contributed by atoms with Crippen LogP contribution >= 0.6 is 15.9 Å². The molecule has 3 aliphatic heterocycles. The molecular formula is C32H22BrN3O3. The average Bonchev–Trinajstić information content (AvgIpc) is 3.45. The summed E-state index contributed by atoms with van der Waals surface area (Å²) in [6.45, 7) is 0. The monoisotopic (exact) mass is 575 g/mol. The van der Waals surface area contributed by atoms with Crippen molar-refractivity contribution in [2.24, 2.45) is 5.92 Å². The first-order chi connectivity index (χ1) is 19.0. The zero-order valence-corrected chi connectivity index (χ0v) is 22.2. The molecule has 0 radical (unpaired) electrons. The standard InChI is InChI=1S/C32H22BrN3O3/c33-22-13-11-20(12-14-22)29(38)30-32(24-9-3-4-10-25(24)35-31(32)39)26(28(37)21-7-5-16-34-18-21)27-23-8-2-1-6-19(23)15-17-36(27)30/h1-18,26-27,30H,(H,35,39). The van der Waals surface area contributed by atoms with Crippen LogP contribution in [-0.2, 0) is 10.2 Å². The lowest BCUT2D eigenvalue weighted by atomic mass is 9.63. The van der Waals surface area contributed by atoms with Gasteiger partial charge in [-0.3, -0.25) is 19.4 Å². The molecule has 1 saturated heterocycles. The molecule has 4 unspecified atom stereocenters. The molecule has 1 fully saturated rings. The third-order valence-electron chi connectivity index (χ3n) is 8.20. The first-order valence-corrected chi connectivity index (χ1v) is 13.5. The van der Waals surface area contributed by atoms with Gasteiger partial charge in [0.25, 0.3) is 0 Å². The minimum atomic E-state index is -1.47. The first kappa shape index (κ1) is 23.7. The van der Waals surface area contributed by atoms with Crippen LogP contribution < -0.4 is 5.32 Å². The van der Waals surface area contributed by atoms with E-state index in [1.54, 1.807) is 30.5 Å². The molecule has 4 aromatic rings. The number of nitrogens with zero attached hydrogens (tertiary/aromatic N) is 2. The summed E-state index contributed by atoms with van der Waals surface area (Å²) in [5.41, 5.74) is 2.56. The molecule has 0 aliphatic carbocycles. The summed E-state index contributed by atoms with van der Waals surface area (Å²) in [5.74, 6) is -1.67. The van der Waals surface area contributed by atoms with Crippen LogP contribution in [0.5, 0.6) is 0 Å². The Labute approximate surface area is 233 Å². The minimum Gasteiger partial charge on any atom is -0.358 e. The number of aromatic nitrogens is 1. The van der Waals surface area contributed by atoms with E-state index in [1.807, 2.05) is 77.8 Å². The Morgan fingerprint density at radius 1 is 0.872 bits per heavy atom. The summed E-state index contributed by atoms with van der Waals surface area (Å²) in [6.07, 6.45) is 6.98. The molecule has 1 amide bonds. The second kappa shape index (κ2) is 8.85. The molecule has 4 heterocycles. The van der Waals surface area contributed by atoms with E-state index in [9.17, 15) is 14.4 Å². The fraction of sp³-hybridized carbons (Fsp3) is 0.125. The van der Waals surface area contributed by atoms with Crippen LogP contribution in [0.25, 0.3) is 6.08 Å². The van der Waals surface area contributed by atoms with Gasteiger partial charge >= 0.3 is 0 Å². The van der Waals surface area contributed by atoms with E-state index >= 15 is 0 Å². The number of hydrogen-bond donors (Lipinski definition) is 1. The van der Waals surface area contributed by atoms with E-state index in [1.165, 1.54) is 6.20 Å². The predicted octanol–water partition coefficient (Wildman–Crippen LogP) is 5.83. The summed E-state index contributed by atoms with van der Waals surface area (Å²) in [7, 11) is 0. The van der Waals surface area contributed by atoms with Gasteiger partial charge in [-0.2, -0.15) is 0 Å². The SMILES string of the molecule is O=C(c1cccnc1)C1C2c3ccccc3C=CN2C(C(=O)c2ccc(Br)cc2)C12C(=O)Nc1ccccc12. The Kier molecular flexibility index (Phi) is 5.39. The lowest BCUT2D eigenvalue weighted by Gasteiger charge is -2.35. The average molecular weight is 576 g/mol. The number of ketones is 2.